The highest BCUT2D eigenvalue weighted by Crippen LogP contribution is 2.23. The van der Waals surface area contributed by atoms with E-state index in [2.05, 4.69) is 9.97 Å². The number of fused-ring (bicyclic) bond motifs is 1. The fourth-order valence-electron chi connectivity index (χ4n) is 1.67. The lowest BCUT2D eigenvalue weighted by Crippen LogP contribution is -2.05. The van der Waals surface area contributed by atoms with Crippen molar-refractivity contribution in [2.24, 2.45) is 0 Å². The van der Waals surface area contributed by atoms with Crippen molar-refractivity contribution in [1.29, 1.82) is 0 Å². The SMILES string of the molecule is CN(C)c1cnc(C=Cc2nc3ccccc3o2)s1. The summed E-state index contributed by atoms with van der Waals surface area (Å²) in [6, 6.07) is 7.73. The van der Waals surface area contributed by atoms with E-state index in [-0.39, 0.29) is 0 Å². The van der Waals surface area contributed by atoms with Crippen LogP contribution in [0.15, 0.2) is 34.9 Å². The molecule has 3 rings (SSSR count). The standard InChI is InChI=1S/C14H13N3OS/c1-17(2)14-9-15-13(19-14)8-7-12-16-10-5-3-4-6-11(10)18-12/h3-9H,1-2H3. The third kappa shape index (κ3) is 2.51. The van der Waals surface area contributed by atoms with Crippen molar-refractivity contribution in [3.8, 4) is 0 Å². The van der Waals surface area contributed by atoms with Gasteiger partial charge in [-0.2, -0.15) is 0 Å². The van der Waals surface area contributed by atoms with E-state index in [0.29, 0.717) is 5.89 Å². The van der Waals surface area contributed by atoms with Gasteiger partial charge in [-0.3, -0.25) is 0 Å². The first-order chi connectivity index (χ1) is 9.22. The molecule has 0 amide bonds. The summed E-state index contributed by atoms with van der Waals surface area (Å²) in [6.07, 6.45) is 5.62. The van der Waals surface area contributed by atoms with Crippen LogP contribution >= 0.6 is 11.3 Å². The van der Waals surface area contributed by atoms with Gasteiger partial charge >= 0.3 is 0 Å². The summed E-state index contributed by atoms with van der Waals surface area (Å²) in [5.41, 5.74) is 1.67. The summed E-state index contributed by atoms with van der Waals surface area (Å²) < 4.78 is 5.61. The Morgan fingerprint density at radius 1 is 1.21 bits per heavy atom. The average Bonchev–Trinajstić information content (AvgIpc) is 3.02. The topological polar surface area (TPSA) is 42.2 Å². The lowest BCUT2D eigenvalue weighted by Gasteiger charge is -2.05. The second-order valence-corrected chi connectivity index (χ2v) is 5.33. The molecule has 1 aromatic carbocycles. The van der Waals surface area contributed by atoms with Crippen molar-refractivity contribution >= 4 is 39.6 Å². The van der Waals surface area contributed by atoms with Gasteiger partial charge in [0.25, 0.3) is 0 Å². The monoisotopic (exact) mass is 271 g/mol. The smallest absolute Gasteiger partial charge is 0.220 e. The molecular formula is C14H13N3OS. The zero-order valence-corrected chi connectivity index (χ0v) is 11.5. The van der Waals surface area contributed by atoms with Gasteiger partial charge in [-0.15, -0.1) is 0 Å². The second kappa shape index (κ2) is 4.85. The van der Waals surface area contributed by atoms with Crippen molar-refractivity contribution in [3.63, 3.8) is 0 Å². The van der Waals surface area contributed by atoms with Gasteiger partial charge in [0, 0.05) is 20.2 Å². The molecule has 0 saturated carbocycles. The summed E-state index contributed by atoms with van der Waals surface area (Å²) in [5, 5.41) is 2.06. The Balaban J connectivity index is 1.84. The van der Waals surface area contributed by atoms with Crippen LogP contribution in [-0.4, -0.2) is 24.1 Å². The summed E-state index contributed by atoms with van der Waals surface area (Å²) in [6.45, 7) is 0. The molecule has 0 bridgehead atoms. The minimum atomic E-state index is 0.600. The Bertz CT molecular complexity index is 694. The van der Waals surface area contributed by atoms with E-state index < -0.39 is 0 Å². The summed E-state index contributed by atoms with van der Waals surface area (Å²) in [5.74, 6) is 0.600. The Kier molecular flexibility index (Phi) is 3.05. The van der Waals surface area contributed by atoms with Gasteiger partial charge in [0.15, 0.2) is 5.58 Å². The number of thiazole rings is 1. The van der Waals surface area contributed by atoms with Crippen LogP contribution in [0.25, 0.3) is 23.3 Å². The van der Waals surface area contributed by atoms with Crippen LogP contribution in [-0.2, 0) is 0 Å². The molecule has 0 spiro atoms. The molecule has 0 aliphatic rings. The van der Waals surface area contributed by atoms with E-state index in [0.717, 1.165) is 21.1 Å². The number of para-hydroxylation sites is 2. The zero-order chi connectivity index (χ0) is 13.2. The zero-order valence-electron chi connectivity index (χ0n) is 10.7. The quantitative estimate of drug-likeness (QED) is 0.731. The van der Waals surface area contributed by atoms with Crippen LogP contribution < -0.4 is 4.90 Å². The van der Waals surface area contributed by atoms with Crippen molar-refractivity contribution in [2.45, 2.75) is 0 Å². The Labute approximate surface area is 115 Å². The molecule has 0 atom stereocenters. The minimum absolute atomic E-state index is 0.600. The molecule has 0 radical (unpaired) electrons. The molecule has 0 saturated heterocycles. The van der Waals surface area contributed by atoms with Gasteiger partial charge in [0.1, 0.15) is 15.5 Å². The normalized spacial score (nSPS) is 11.5. The number of benzene rings is 1. The van der Waals surface area contributed by atoms with Crippen molar-refractivity contribution in [1.82, 2.24) is 9.97 Å². The van der Waals surface area contributed by atoms with Crippen molar-refractivity contribution in [3.05, 3.63) is 41.4 Å². The largest absolute Gasteiger partial charge is 0.437 e. The number of nitrogens with zero attached hydrogens (tertiary/aromatic N) is 3. The highest BCUT2D eigenvalue weighted by atomic mass is 32.1. The molecule has 0 aliphatic carbocycles. The third-order valence-corrected chi connectivity index (χ3v) is 3.76. The fraction of sp³-hybridized carbons (Fsp3) is 0.143. The maximum Gasteiger partial charge on any atom is 0.220 e. The number of oxazole rings is 1. The van der Waals surface area contributed by atoms with Crippen LogP contribution in [0.4, 0.5) is 5.00 Å². The first-order valence-corrected chi connectivity index (χ1v) is 6.71. The predicted molar refractivity (Wildman–Crippen MR) is 79.4 cm³/mol. The molecular weight excluding hydrogens is 258 g/mol. The lowest BCUT2D eigenvalue weighted by atomic mass is 10.3. The maximum atomic E-state index is 5.61. The van der Waals surface area contributed by atoms with E-state index in [4.69, 9.17) is 4.42 Å². The van der Waals surface area contributed by atoms with Gasteiger partial charge in [0.2, 0.25) is 5.89 Å². The van der Waals surface area contributed by atoms with Gasteiger partial charge < -0.3 is 9.32 Å². The first kappa shape index (κ1) is 11.9. The maximum absolute atomic E-state index is 5.61. The van der Waals surface area contributed by atoms with E-state index in [1.165, 1.54) is 0 Å². The molecule has 0 fully saturated rings. The summed E-state index contributed by atoms with van der Waals surface area (Å²) in [7, 11) is 4.00. The fourth-order valence-corrected chi connectivity index (χ4v) is 2.41. The molecule has 0 N–H and O–H groups in total. The Hall–Kier alpha value is -2.14. The van der Waals surface area contributed by atoms with Crippen LogP contribution in [0.3, 0.4) is 0 Å². The van der Waals surface area contributed by atoms with Crippen LogP contribution in [0.2, 0.25) is 0 Å². The summed E-state index contributed by atoms with van der Waals surface area (Å²) in [4.78, 5) is 10.7. The highest BCUT2D eigenvalue weighted by Gasteiger charge is 2.03. The average molecular weight is 271 g/mol. The van der Waals surface area contributed by atoms with E-state index in [1.807, 2.05) is 61.6 Å². The molecule has 19 heavy (non-hydrogen) atoms. The molecule has 96 valence electrons. The van der Waals surface area contributed by atoms with Crippen molar-refractivity contribution < 1.29 is 4.42 Å². The number of rotatable bonds is 3. The molecule has 3 aromatic rings. The molecule has 0 aliphatic heterocycles. The second-order valence-electron chi connectivity index (χ2n) is 4.28. The highest BCUT2D eigenvalue weighted by molar-refractivity contribution is 7.16. The van der Waals surface area contributed by atoms with Crippen LogP contribution in [0.1, 0.15) is 10.9 Å². The molecule has 5 heteroatoms. The van der Waals surface area contributed by atoms with Crippen LogP contribution in [0, 0.1) is 0 Å². The first-order valence-electron chi connectivity index (χ1n) is 5.89. The van der Waals surface area contributed by atoms with Crippen LogP contribution in [0.5, 0.6) is 0 Å². The number of aromatic nitrogens is 2. The number of hydrogen-bond donors (Lipinski definition) is 0. The molecule has 0 unspecified atom stereocenters. The predicted octanol–water partition coefficient (Wildman–Crippen LogP) is 3.52. The Morgan fingerprint density at radius 2 is 2.05 bits per heavy atom. The molecule has 2 aromatic heterocycles. The Morgan fingerprint density at radius 3 is 2.79 bits per heavy atom. The van der Waals surface area contributed by atoms with Gasteiger partial charge in [-0.1, -0.05) is 23.5 Å². The lowest BCUT2D eigenvalue weighted by molar-refractivity contribution is 0.589. The van der Waals surface area contributed by atoms with Crippen molar-refractivity contribution in [2.75, 3.05) is 19.0 Å². The van der Waals surface area contributed by atoms with Gasteiger partial charge in [-0.25, -0.2) is 9.97 Å². The molecule has 2 heterocycles. The number of anilines is 1. The van der Waals surface area contributed by atoms with Gasteiger partial charge in [-0.05, 0) is 18.2 Å². The van der Waals surface area contributed by atoms with E-state index >= 15 is 0 Å². The number of hydrogen-bond acceptors (Lipinski definition) is 5. The van der Waals surface area contributed by atoms with Gasteiger partial charge in [0.05, 0.1) is 6.20 Å². The minimum Gasteiger partial charge on any atom is -0.437 e. The summed E-state index contributed by atoms with van der Waals surface area (Å²) >= 11 is 1.63. The van der Waals surface area contributed by atoms with E-state index in [9.17, 15) is 0 Å². The molecule has 4 nitrogen and oxygen atoms in total. The van der Waals surface area contributed by atoms with E-state index in [1.54, 1.807) is 11.3 Å². The third-order valence-electron chi connectivity index (χ3n) is 2.63.